The van der Waals surface area contributed by atoms with Crippen LogP contribution in [0.5, 0.6) is 0 Å². The number of hydrogen-bond donors (Lipinski definition) is 2. The summed E-state index contributed by atoms with van der Waals surface area (Å²) in [6.07, 6.45) is 82.4. The first-order valence-corrected chi connectivity index (χ1v) is 34.7. The summed E-state index contributed by atoms with van der Waals surface area (Å²) in [7, 11) is 1.46. The van der Waals surface area contributed by atoms with Crippen molar-refractivity contribution in [3.05, 3.63) is 109 Å². The Morgan fingerprint density at radius 2 is 0.790 bits per heavy atom. The van der Waals surface area contributed by atoms with Gasteiger partial charge in [0.15, 0.2) is 0 Å². The largest absolute Gasteiger partial charge is 0.472 e. The standard InChI is InChI=1S/C71H125N2O7P/c1-7-10-13-16-19-22-25-27-29-31-33-35-36-38-39-41-43-45-48-51-54-57-60-63-70(74)72-68(67-79-81(76,77)78-66-65-73(4,5)6)69(62-59-56-53-50-47-24-21-18-15-12-9-3)80-71(75)64-61-58-55-52-49-46-44-42-40-37-34-32-30-28-26-23-20-17-14-11-8-2/h11,14,19-20,22-23,27-30,34,37,42,44,49,52,59,62,68-69H,7-10,12-13,15-18,21,24-26,31-33,35-36,38-41,43,45-48,50-51,53-58,60-61,63-67H2,1-6H3,(H-,72,74,76,77)/p+1/b14-11-,22-19-,23-20-,29-27-,30-28-,37-34-,44-42-,52-49-,62-59+. The van der Waals surface area contributed by atoms with Crippen LogP contribution in [-0.2, 0) is 27.9 Å². The molecule has 10 heteroatoms. The number of unbranched alkanes of at least 4 members (excludes halogenated alkanes) is 27. The molecular formula is C71H126N2O7P+. The van der Waals surface area contributed by atoms with Crippen molar-refractivity contribution in [2.75, 3.05) is 40.9 Å². The molecule has 0 aromatic rings. The Hall–Kier alpha value is -3.33. The van der Waals surface area contributed by atoms with Crippen LogP contribution in [0.15, 0.2) is 109 Å². The summed E-state index contributed by atoms with van der Waals surface area (Å²) < 4.78 is 30.7. The predicted octanol–water partition coefficient (Wildman–Crippen LogP) is 20.9. The van der Waals surface area contributed by atoms with Crippen molar-refractivity contribution in [3.63, 3.8) is 0 Å². The molecule has 0 radical (unpaired) electrons. The van der Waals surface area contributed by atoms with E-state index in [1.807, 2.05) is 33.3 Å². The maximum Gasteiger partial charge on any atom is 0.472 e. The lowest BCUT2D eigenvalue weighted by molar-refractivity contribution is -0.870. The van der Waals surface area contributed by atoms with Crippen molar-refractivity contribution < 1.29 is 37.3 Å². The number of amides is 1. The summed E-state index contributed by atoms with van der Waals surface area (Å²) in [5.41, 5.74) is 0. The number of nitrogens with zero attached hydrogens (tertiary/aromatic N) is 1. The summed E-state index contributed by atoms with van der Waals surface area (Å²) in [6, 6.07) is -0.873. The SMILES string of the molecule is CC/C=C\C/C=C\C/C=C\C/C=C\C/C=C\C/C=C\CCCCC(=O)OC(/C=C/CCCCCCCCCCC)C(COP(=O)(O)OCC[N+](C)(C)C)NC(=O)CCCCCCCCCCCCCCC/C=C\C/C=C\CCCCC. The Bertz CT molecular complexity index is 1750. The molecule has 0 aliphatic heterocycles. The quantitative estimate of drug-likeness (QED) is 0.0205. The van der Waals surface area contributed by atoms with E-state index in [0.29, 0.717) is 23.9 Å². The second kappa shape index (κ2) is 59.8. The lowest BCUT2D eigenvalue weighted by Gasteiger charge is -2.27. The summed E-state index contributed by atoms with van der Waals surface area (Å²) in [5, 5.41) is 3.05. The zero-order valence-corrected chi connectivity index (χ0v) is 54.1. The first-order valence-electron chi connectivity index (χ1n) is 33.2. The number of carbonyl (C=O) groups excluding carboxylic acids is 2. The Morgan fingerprint density at radius 3 is 1.22 bits per heavy atom. The fraction of sp³-hybridized carbons (Fsp3) is 0.718. The van der Waals surface area contributed by atoms with Gasteiger partial charge >= 0.3 is 13.8 Å². The minimum Gasteiger partial charge on any atom is -0.456 e. The number of allylic oxidation sites excluding steroid dienone is 17. The van der Waals surface area contributed by atoms with Crippen LogP contribution in [-0.4, -0.2) is 74.3 Å². The van der Waals surface area contributed by atoms with Crippen LogP contribution in [0.3, 0.4) is 0 Å². The molecule has 0 aromatic carbocycles. The molecule has 0 bridgehead atoms. The maximum absolute atomic E-state index is 13.6. The first-order chi connectivity index (χ1) is 39.4. The number of ether oxygens (including phenoxy) is 1. The van der Waals surface area contributed by atoms with Crippen molar-refractivity contribution in [3.8, 4) is 0 Å². The molecule has 0 aliphatic rings. The zero-order valence-electron chi connectivity index (χ0n) is 53.2. The molecule has 3 unspecified atom stereocenters. The molecular weight excluding hydrogens is 1020 g/mol. The molecule has 0 heterocycles. The van der Waals surface area contributed by atoms with E-state index in [9.17, 15) is 19.0 Å². The molecule has 81 heavy (non-hydrogen) atoms. The van der Waals surface area contributed by atoms with Gasteiger partial charge in [-0.25, -0.2) is 4.57 Å². The highest BCUT2D eigenvalue weighted by molar-refractivity contribution is 7.47. The fourth-order valence-electron chi connectivity index (χ4n) is 9.09. The van der Waals surface area contributed by atoms with Gasteiger partial charge in [-0.3, -0.25) is 18.6 Å². The van der Waals surface area contributed by atoms with E-state index in [1.54, 1.807) is 0 Å². The number of rotatable bonds is 59. The molecule has 9 nitrogen and oxygen atoms in total. The highest BCUT2D eigenvalue weighted by Crippen LogP contribution is 2.43. The van der Waals surface area contributed by atoms with E-state index in [1.165, 1.54) is 141 Å². The van der Waals surface area contributed by atoms with Crippen molar-refractivity contribution in [1.82, 2.24) is 5.32 Å². The van der Waals surface area contributed by atoms with Crippen LogP contribution in [0.1, 0.15) is 278 Å². The minimum atomic E-state index is -4.47. The number of carbonyl (C=O) groups is 2. The van der Waals surface area contributed by atoms with Crippen LogP contribution in [0.2, 0.25) is 0 Å². The third-order valence-electron chi connectivity index (χ3n) is 14.2. The molecule has 0 saturated heterocycles. The number of nitrogens with one attached hydrogen (secondary N) is 1. The molecule has 466 valence electrons. The van der Waals surface area contributed by atoms with E-state index in [-0.39, 0.29) is 31.5 Å². The lowest BCUT2D eigenvalue weighted by atomic mass is 10.0. The van der Waals surface area contributed by atoms with Gasteiger partial charge in [0.1, 0.15) is 19.3 Å². The highest BCUT2D eigenvalue weighted by atomic mass is 31.2. The molecule has 3 atom stereocenters. The minimum absolute atomic E-state index is 0.0282. The Labute approximate surface area is 500 Å². The predicted molar refractivity (Wildman–Crippen MR) is 350 cm³/mol. The first kappa shape index (κ1) is 77.7. The van der Waals surface area contributed by atoms with Gasteiger partial charge in [-0.1, -0.05) is 259 Å². The van der Waals surface area contributed by atoms with E-state index < -0.39 is 20.0 Å². The van der Waals surface area contributed by atoms with Crippen LogP contribution in [0.4, 0.5) is 0 Å². The Kier molecular flexibility index (Phi) is 57.4. The molecule has 0 rings (SSSR count). The number of esters is 1. The van der Waals surface area contributed by atoms with Gasteiger partial charge in [0.2, 0.25) is 5.91 Å². The third-order valence-corrected chi connectivity index (χ3v) is 15.2. The van der Waals surface area contributed by atoms with E-state index >= 15 is 0 Å². The van der Waals surface area contributed by atoms with Crippen molar-refractivity contribution in [2.45, 2.75) is 290 Å². The molecule has 1 amide bonds. The second-order valence-electron chi connectivity index (χ2n) is 23.3. The molecule has 2 N–H and O–H groups in total. The van der Waals surface area contributed by atoms with Gasteiger partial charge in [0.25, 0.3) is 0 Å². The normalized spacial score (nSPS) is 14.3. The van der Waals surface area contributed by atoms with Gasteiger partial charge in [-0.05, 0) is 115 Å². The van der Waals surface area contributed by atoms with E-state index in [0.717, 1.165) is 96.3 Å². The molecule has 0 aliphatic carbocycles. The van der Waals surface area contributed by atoms with E-state index in [2.05, 4.69) is 123 Å². The van der Waals surface area contributed by atoms with Crippen LogP contribution in [0.25, 0.3) is 0 Å². The molecule has 0 spiro atoms. The average Bonchev–Trinajstić information content (AvgIpc) is 3.43. The monoisotopic (exact) mass is 1150 g/mol. The summed E-state index contributed by atoms with van der Waals surface area (Å²) in [4.78, 5) is 37.8. The lowest BCUT2D eigenvalue weighted by Crippen LogP contribution is -2.47. The van der Waals surface area contributed by atoms with Gasteiger partial charge in [-0.2, -0.15) is 0 Å². The van der Waals surface area contributed by atoms with Crippen LogP contribution in [0, 0.1) is 0 Å². The molecule has 0 aromatic heterocycles. The summed E-state index contributed by atoms with van der Waals surface area (Å²) in [5.74, 6) is -0.559. The van der Waals surface area contributed by atoms with Gasteiger partial charge in [0, 0.05) is 12.8 Å². The van der Waals surface area contributed by atoms with Crippen molar-refractivity contribution >= 4 is 19.7 Å². The van der Waals surface area contributed by atoms with Gasteiger partial charge in [0.05, 0.1) is 33.8 Å². The van der Waals surface area contributed by atoms with Gasteiger partial charge in [-0.15, -0.1) is 0 Å². The highest BCUT2D eigenvalue weighted by Gasteiger charge is 2.30. The topological polar surface area (TPSA) is 111 Å². The zero-order chi connectivity index (χ0) is 59.3. The van der Waals surface area contributed by atoms with Crippen LogP contribution >= 0.6 is 7.82 Å². The van der Waals surface area contributed by atoms with Crippen molar-refractivity contribution in [1.29, 1.82) is 0 Å². The fourth-order valence-corrected chi connectivity index (χ4v) is 9.83. The second-order valence-corrected chi connectivity index (χ2v) is 24.7. The Morgan fingerprint density at radius 1 is 0.444 bits per heavy atom. The summed E-state index contributed by atoms with van der Waals surface area (Å²) >= 11 is 0. The maximum atomic E-state index is 13.6. The average molecular weight is 1150 g/mol. The number of phosphoric ester groups is 1. The van der Waals surface area contributed by atoms with E-state index in [4.69, 9.17) is 13.8 Å². The van der Waals surface area contributed by atoms with Gasteiger partial charge < -0.3 is 19.4 Å². The number of hydrogen-bond acceptors (Lipinski definition) is 6. The number of phosphoric acid groups is 1. The van der Waals surface area contributed by atoms with Crippen LogP contribution < -0.4 is 5.32 Å². The smallest absolute Gasteiger partial charge is 0.456 e. The number of likely N-dealkylation sites (N-methyl/N-ethyl adjacent to an activating group) is 1. The number of quaternary nitrogens is 1. The molecule has 0 saturated carbocycles. The Balaban J connectivity index is 5.19. The summed E-state index contributed by atoms with van der Waals surface area (Å²) in [6.45, 7) is 6.84. The molecule has 0 fully saturated rings. The van der Waals surface area contributed by atoms with Crippen molar-refractivity contribution in [2.24, 2.45) is 0 Å². The third kappa shape index (κ3) is 61.1.